The second-order valence-electron chi connectivity index (χ2n) is 8.36. The van der Waals surface area contributed by atoms with Crippen LogP contribution in [0.1, 0.15) is 34.8 Å². The number of carbonyl (C=O) groups is 1. The van der Waals surface area contributed by atoms with Crippen LogP contribution in [0.4, 0.5) is 0 Å². The van der Waals surface area contributed by atoms with E-state index in [0.717, 1.165) is 18.4 Å². The molecule has 1 fully saturated rings. The van der Waals surface area contributed by atoms with E-state index in [0.29, 0.717) is 44.2 Å². The first-order chi connectivity index (χ1) is 14.8. The highest BCUT2D eigenvalue weighted by Gasteiger charge is 2.28. The molecule has 0 bridgehead atoms. The first kappa shape index (κ1) is 23.4. The summed E-state index contributed by atoms with van der Waals surface area (Å²) in [6, 6.07) is 15.1. The first-order valence-electron chi connectivity index (χ1n) is 10.9. The minimum absolute atomic E-state index is 0.184. The van der Waals surface area contributed by atoms with Crippen molar-refractivity contribution in [1.82, 2.24) is 14.5 Å². The Bertz CT molecular complexity index is 984. The summed E-state index contributed by atoms with van der Waals surface area (Å²) in [5.41, 5.74) is 2.44. The van der Waals surface area contributed by atoms with E-state index >= 15 is 0 Å². The Morgan fingerprint density at radius 3 is 2.39 bits per heavy atom. The van der Waals surface area contributed by atoms with Gasteiger partial charge in [0.05, 0.1) is 4.90 Å². The van der Waals surface area contributed by atoms with Gasteiger partial charge in [-0.1, -0.05) is 49.7 Å². The second-order valence-corrected chi connectivity index (χ2v) is 10.3. The van der Waals surface area contributed by atoms with Gasteiger partial charge in [0.1, 0.15) is 0 Å². The number of amides is 1. The molecule has 168 valence electrons. The second kappa shape index (κ2) is 10.4. The van der Waals surface area contributed by atoms with Crippen molar-refractivity contribution >= 4 is 15.9 Å². The number of benzene rings is 2. The largest absolute Gasteiger partial charge is 0.352 e. The third-order valence-corrected chi connectivity index (χ3v) is 7.94. The van der Waals surface area contributed by atoms with E-state index in [1.54, 1.807) is 12.1 Å². The number of piperazine rings is 1. The maximum absolute atomic E-state index is 13.1. The van der Waals surface area contributed by atoms with Crippen molar-refractivity contribution in [3.8, 4) is 0 Å². The van der Waals surface area contributed by atoms with Gasteiger partial charge >= 0.3 is 0 Å². The highest BCUT2D eigenvalue weighted by molar-refractivity contribution is 7.89. The number of hydrogen-bond acceptors (Lipinski definition) is 4. The van der Waals surface area contributed by atoms with Gasteiger partial charge in [0.2, 0.25) is 10.0 Å². The predicted molar refractivity (Wildman–Crippen MR) is 124 cm³/mol. The van der Waals surface area contributed by atoms with E-state index in [2.05, 4.69) is 29.3 Å². The fourth-order valence-electron chi connectivity index (χ4n) is 3.82. The quantitative estimate of drug-likeness (QED) is 0.681. The Kier molecular flexibility index (Phi) is 7.86. The van der Waals surface area contributed by atoms with Crippen molar-refractivity contribution < 1.29 is 13.2 Å². The molecule has 0 aromatic heterocycles. The molecular formula is C24H33N3O3S. The van der Waals surface area contributed by atoms with Gasteiger partial charge in [-0.25, -0.2) is 8.42 Å². The van der Waals surface area contributed by atoms with Gasteiger partial charge in [-0.15, -0.1) is 0 Å². The summed E-state index contributed by atoms with van der Waals surface area (Å²) in [5.74, 6) is 0.100. The van der Waals surface area contributed by atoms with Crippen molar-refractivity contribution in [2.45, 2.75) is 31.6 Å². The molecule has 1 amide bonds. The van der Waals surface area contributed by atoms with Gasteiger partial charge in [-0.05, 0) is 49.6 Å². The molecule has 1 aliphatic rings. The van der Waals surface area contributed by atoms with Gasteiger partial charge in [-0.3, -0.25) is 4.79 Å². The molecule has 0 aliphatic carbocycles. The fraction of sp³-hybridized carbons (Fsp3) is 0.458. The summed E-state index contributed by atoms with van der Waals surface area (Å²) in [5, 5.41) is 3.02. The highest BCUT2D eigenvalue weighted by Crippen LogP contribution is 2.21. The summed E-state index contributed by atoms with van der Waals surface area (Å²) in [7, 11) is -1.62. The highest BCUT2D eigenvalue weighted by atomic mass is 32.2. The van der Waals surface area contributed by atoms with Gasteiger partial charge in [0.15, 0.2) is 0 Å². The minimum atomic E-state index is -3.61. The van der Waals surface area contributed by atoms with Gasteiger partial charge < -0.3 is 10.2 Å². The zero-order chi connectivity index (χ0) is 22.4. The lowest BCUT2D eigenvalue weighted by Gasteiger charge is -2.31. The molecule has 7 heteroatoms. The van der Waals surface area contributed by atoms with Crippen LogP contribution in [0.25, 0.3) is 0 Å². The van der Waals surface area contributed by atoms with Crippen molar-refractivity contribution in [1.29, 1.82) is 0 Å². The number of carbonyl (C=O) groups excluding carboxylic acids is 1. The number of hydrogen-bond donors (Lipinski definition) is 1. The van der Waals surface area contributed by atoms with Crippen LogP contribution in [-0.4, -0.2) is 63.3 Å². The lowest BCUT2D eigenvalue weighted by atomic mass is 9.96. The Morgan fingerprint density at radius 1 is 1.06 bits per heavy atom. The lowest BCUT2D eigenvalue weighted by Crippen LogP contribution is -2.47. The minimum Gasteiger partial charge on any atom is -0.352 e. The lowest BCUT2D eigenvalue weighted by molar-refractivity contribution is 0.0946. The van der Waals surface area contributed by atoms with Crippen LogP contribution in [0.2, 0.25) is 0 Å². The van der Waals surface area contributed by atoms with Crippen LogP contribution in [0, 0.1) is 12.8 Å². The molecule has 0 spiro atoms. The summed E-state index contributed by atoms with van der Waals surface area (Å²) in [6.07, 6.45) is 1.85. The monoisotopic (exact) mass is 443 g/mol. The molecule has 1 atom stereocenters. The molecule has 0 radical (unpaired) electrons. The molecule has 3 rings (SSSR count). The molecule has 1 aliphatic heterocycles. The Balaban J connectivity index is 1.69. The molecule has 1 saturated heterocycles. The Labute approximate surface area is 186 Å². The van der Waals surface area contributed by atoms with E-state index < -0.39 is 10.0 Å². The molecule has 2 aromatic rings. The number of nitrogens with one attached hydrogen (secondary N) is 1. The summed E-state index contributed by atoms with van der Waals surface area (Å²) in [4.78, 5) is 15.2. The van der Waals surface area contributed by atoms with Gasteiger partial charge in [-0.2, -0.15) is 4.31 Å². The zero-order valence-corrected chi connectivity index (χ0v) is 19.5. The average Bonchev–Trinajstić information content (AvgIpc) is 2.77. The topological polar surface area (TPSA) is 69.7 Å². The van der Waals surface area contributed by atoms with E-state index in [-0.39, 0.29) is 10.8 Å². The van der Waals surface area contributed by atoms with E-state index in [9.17, 15) is 13.2 Å². The molecule has 6 nitrogen and oxygen atoms in total. The zero-order valence-electron chi connectivity index (χ0n) is 18.7. The van der Waals surface area contributed by atoms with Crippen molar-refractivity contribution in [2.75, 3.05) is 39.8 Å². The number of sulfonamides is 1. The predicted octanol–water partition coefficient (Wildman–Crippen LogP) is 2.93. The molecule has 0 unspecified atom stereocenters. The summed E-state index contributed by atoms with van der Waals surface area (Å²) < 4.78 is 27.6. The molecular weight excluding hydrogens is 410 g/mol. The summed E-state index contributed by atoms with van der Waals surface area (Å²) in [6.45, 7) is 6.85. The smallest absolute Gasteiger partial charge is 0.251 e. The normalized spacial score (nSPS) is 16.7. The van der Waals surface area contributed by atoms with Gasteiger partial charge in [0.25, 0.3) is 5.91 Å². The van der Waals surface area contributed by atoms with Crippen molar-refractivity contribution in [3.63, 3.8) is 0 Å². The molecule has 1 heterocycles. The SMILES string of the molecule is CC[C@@H](CNC(=O)c1cc(S(=O)(=O)N2CCN(C)CC2)ccc1C)Cc1ccccc1. The maximum atomic E-state index is 13.1. The number of aryl methyl sites for hydroxylation is 1. The Hall–Kier alpha value is -2.22. The number of likely N-dealkylation sites (N-methyl/N-ethyl adjacent to an activating group) is 1. The van der Waals surface area contributed by atoms with Crippen LogP contribution in [0.5, 0.6) is 0 Å². The average molecular weight is 444 g/mol. The molecule has 2 aromatic carbocycles. The molecule has 31 heavy (non-hydrogen) atoms. The third kappa shape index (κ3) is 5.93. The van der Waals surface area contributed by atoms with Crippen LogP contribution in [0.3, 0.4) is 0 Å². The van der Waals surface area contributed by atoms with E-state index in [1.807, 2.05) is 32.2 Å². The van der Waals surface area contributed by atoms with E-state index in [1.165, 1.54) is 15.9 Å². The van der Waals surface area contributed by atoms with Crippen molar-refractivity contribution in [2.24, 2.45) is 5.92 Å². The maximum Gasteiger partial charge on any atom is 0.251 e. The standard InChI is InChI=1S/C24H33N3O3S/c1-4-20(16-21-8-6-5-7-9-21)18-25-24(28)23-17-22(11-10-19(23)2)31(29,30)27-14-12-26(3)13-15-27/h5-11,17,20H,4,12-16,18H2,1-3H3,(H,25,28)/t20-/m1/s1. The molecule has 0 saturated carbocycles. The summed E-state index contributed by atoms with van der Waals surface area (Å²) >= 11 is 0. The van der Waals surface area contributed by atoms with Gasteiger partial charge in [0, 0.05) is 38.3 Å². The fourth-order valence-corrected chi connectivity index (χ4v) is 5.27. The number of nitrogens with zero attached hydrogens (tertiary/aromatic N) is 2. The van der Waals surface area contributed by atoms with Crippen LogP contribution in [-0.2, 0) is 16.4 Å². The Morgan fingerprint density at radius 2 is 1.74 bits per heavy atom. The van der Waals surface area contributed by atoms with Crippen LogP contribution >= 0.6 is 0 Å². The van der Waals surface area contributed by atoms with E-state index in [4.69, 9.17) is 0 Å². The first-order valence-corrected chi connectivity index (χ1v) is 12.4. The van der Waals surface area contributed by atoms with Crippen LogP contribution < -0.4 is 5.32 Å². The number of rotatable bonds is 8. The molecule has 1 N–H and O–H groups in total. The van der Waals surface area contributed by atoms with Crippen molar-refractivity contribution in [3.05, 3.63) is 65.2 Å². The third-order valence-electron chi connectivity index (χ3n) is 6.05. The van der Waals surface area contributed by atoms with Crippen LogP contribution in [0.15, 0.2) is 53.4 Å².